The molecule has 0 fully saturated rings. The minimum absolute atomic E-state index is 0.0790. The molecule has 5 heteroatoms. The normalized spacial score (nSPS) is 11.9. The molecule has 0 amide bonds. The molecule has 0 aliphatic heterocycles. The van der Waals surface area contributed by atoms with Crippen molar-refractivity contribution in [2.75, 3.05) is 20.1 Å². The first-order valence-electron chi connectivity index (χ1n) is 5.58. The molecule has 1 N–H and O–H groups in total. The van der Waals surface area contributed by atoms with E-state index in [-0.39, 0.29) is 18.7 Å². The Morgan fingerprint density at radius 2 is 2.00 bits per heavy atom. The maximum Gasteiger partial charge on any atom is 0.179 e. The minimum Gasteiger partial charge on any atom is -0.389 e. The molecule has 1 aromatic rings. The third kappa shape index (κ3) is 4.50. The Morgan fingerprint density at radius 1 is 1.39 bits per heavy atom. The van der Waals surface area contributed by atoms with Gasteiger partial charge in [-0.05, 0) is 39.1 Å². The summed E-state index contributed by atoms with van der Waals surface area (Å²) >= 11 is 0. The van der Waals surface area contributed by atoms with Gasteiger partial charge < -0.3 is 5.11 Å². The Labute approximate surface area is 105 Å². The molecule has 0 bridgehead atoms. The average Bonchev–Trinajstić information content (AvgIpc) is 2.18. The zero-order chi connectivity index (χ0) is 13.9. The zero-order valence-electron chi connectivity index (χ0n) is 10.7. The van der Waals surface area contributed by atoms with Crippen molar-refractivity contribution in [3.05, 3.63) is 35.4 Å². The van der Waals surface area contributed by atoms with E-state index in [1.807, 2.05) is 0 Å². The van der Waals surface area contributed by atoms with Gasteiger partial charge in [0, 0.05) is 6.54 Å². The van der Waals surface area contributed by atoms with E-state index in [0.29, 0.717) is 0 Å². The van der Waals surface area contributed by atoms with Crippen LogP contribution in [0, 0.1) is 11.6 Å². The number of carbonyl (C=O) groups excluding carboxylic acids is 1. The van der Waals surface area contributed by atoms with Gasteiger partial charge in [0.1, 0.15) is 11.6 Å². The average molecular weight is 257 g/mol. The number of halogens is 2. The second kappa shape index (κ2) is 5.54. The molecule has 0 aliphatic carbocycles. The molecule has 0 aliphatic rings. The van der Waals surface area contributed by atoms with Gasteiger partial charge in [-0.3, -0.25) is 9.69 Å². The summed E-state index contributed by atoms with van der Waals surface area (Å²) in [6.07, 6.45) is 0. The fourth-order valence-electron chi connectivity index (χ4n) is 1.76. The smallest absolute Gasteiger partial charge is 0.179 e. The van der Waals surface area contributed by atoms with Gasteiger partial charge in [-0.25, -0.2) is 8.78 Å². The number of likely N-dealkylation sites (N-methyl/N-ethyl adjacent to an activating group) is 1. The van der Waals surface area contributed by atoms with E-state index in [0.717, 1.165) is 18.2 Å². The molecular weight excluding hydrogens is 240 g/mol. The molecule has 0 saturated heterocycles. The summed E-state index contributed by atoms with van der Waals surface area (Å²) in [6, 6.07) is 2.78. The Kier molecular flexibility index (Phi) is 4.53. The highest BCUT2D eigenvalue weighted by Gasteiger charge is 2.19. The van der Waals surface area contributed by atoms with Crippen molar-refractivity contribution in [3.8, 4) is 0 Å². The molecule has 0 unspecified atom stereocenters. The van der Waals surface area contributed by atoms with Crippen LogP contribution < -0.4 is 0 Å². The number of carbonyl (C=O) groups is 1. The van der Waals surface area contributed by atoms with Crippen molar-refractivity contribution < 1.29 is 18.7 Å². The van der Waals surface area contributed by atoms with E-state index in [1.54, 1.807) is 25.8 Å². The monoisotopic (exact) mass is 257 g/mol. The molecule has 18 heavy (non-hydrogen) atoms. The predicted octanol–water partition coefficient (Wildman–Crippen LogP) is 1.85. The van der Waals surface area contributed by atoms with Crippen LogP contribution in [0.1, 0.15) is 24.2 Å². The molecular formula is C13H17F2NO2. The van der Waals surface area contributed by atoms with Crippen LogP contribution in [0.2, 0.25) is 0 Å². The number of hydrogen-bond donors (Lipinski definition) is 1. The summed E-state index contributed by atoms with van der Waals surface area (Å²) in [5.41, 5.74) is -1.22. The predicted molar refractivity (Wildman–Crippen MR) is 64.5 cm³/mol. The summed E-state index contributed by atoms with van der Waals surface area (Å²) in [6.45, 7) is 3.40. The number of ketones is 1. The molecule has 3 nitrogen and oxygen atoms in total. The molecule has 1 rings (SSSR count). The van der Waals surface area contributed by atoms with Crippen LogP contribution in [-0.2, 0) is 0 Å². The lowest BCUT2D eigenvalue weighted by atomic mass is 10.1. The fourth-order valence-corrected chi connectivity index (χ4v) is 1.76. The van der Waals surface area contributed by atoms with Gasteiger partial charge >= 0.3 is 0 Å². The molecule has 0 spiro atoms. The maximum absolute atomic E-state index is 13.4. The largest absolute Gasteiger partial charge is 0.389 e. The van der Waals surface area contributed by atoms with E-state index >= 15 is 0 Å². The van der Waals surface area contributed by atoms with Gasteiger partial charge in [-0.1, -0.05) is 0 Å². The summed E-state index contributed by atoms with van der Waals surface area (Å²) < 4.78 is 26.3. The van der Waals surface area contributed by atoms with Gasteiger partial charge in [0.25, 0.3) is 0 Å². The Balaban J connectivity index is 2.74. The molecule has 0 saturated carbocycles. The molecule has 0 atom stereocenters. The number of benzene rings is 1. The van der Waals surface area contributed by atoms with E-state index in [2.05, 4.69) is 0 Å². The standard InChI is InChI=1S/C13H17F2NO2/c1-13(2,18)8-16(3)7-12(17)10-6-9(14)4-5-11(10)15/h4-6,18H,7-8H2,1-3H3. The van der Waals surface area contributed by atoms with Gasteiger partial charge in [0.15, 0.2) is 5.78 Å². The van der Waals surface area contributed by atoms with Gasteiger partial charge in [0.05, 0.1) is 17.7 Å². The second-order valence-corrected chi connectivity index (χ2v) is 5.03. The van der Waals surface area contributed by atoms with Crippen LogP contribution in [0.25, 0.3) is 0 Å². The maximum atomic E-state index is 13.4. The summed E-state index contributed by atoms with van der Waals surface area (Å²) in [5.74, 6) is -1.90. The Morgan fingerprint density at radius 3 is 2.56 bits per heavy atom. The van der Waals surface area contributed by atoms with E-state index in [9.17, 15) is 18.7 Å². The van der Waals surface area contributed by atoms with Crippen LogP contribution in [0.3, 0.4) is 0 Å². The van der Waals surface area contributed by atoms with Crippen LogP contribution in [-0.4, -0.2) is 41.5 Å². The lowest BCUT2D eigenvalue weighted by molar-refractivity contribution is 0.0438. The lowest BCUT2D eigenvalue weighted by Crippen LogP contribution is -2.39. The number of aliphatic hydroxyl groups is 1. The van der Waals surface area contributed by atoms with Crippen LogP contribution in [0.15, 0.2) is 18.2 Å². The molecule has 0 heterocycles. The topological polar surface area (TPSA) is 40.5 Å². The van der Waals surface area contributed by atoms with Crippen molar-refractivity contribution in [2.45, 2.75) is 19.4 Å². The van der Waals surface area contributed by atoms with Gasteiger partial charge in [0.2, 0.25) is 0 Å². The Bertz CT molecular complexity index is 441. The SMILES string of the molecule is CN(CC(=O)c1cc(F)ccc1F)CC(C)(C)O. The summed E-state index contributed by atoms with van der Waals surface area (Å²) in [4.78, 5) is 13.3. The van der Waals surface area contributed by atoms with Crippen molar-refractivity contribution >= 4 is 5.78 Å². The van der Waals surface area contributed by atoms with Crippen molar-refractivity contribution in [2.24, 2.45) is 0 Å². The third-order valence-corrected chi connectivity index (χ3v) is 2.30. The molecule has 0 aromatic heterocycles. The lowest BCUT2D eigenvalue weighted by Gasteiger charge is -2.24. The van der Waals surface area contributed by atoms with Gasteiger partial charge in [-0.2, -0.15) is 0 Å². The first kappa shape index (κ1) is 14.7. The Hall–Kier alpha value is -1.33. The van der Waals surface area contributed by atoms with Crippen LogP contribution in [0.5, 0.6) is 0 Å². The zero-order valence-corrected chi connectivity index (χ0v) is 10.7. The molecule has 0 radical (unpaired) electrons. The quantitative estimate of drug-likeness (QED) is 0.818. The highest BCUT2D eigenvalue weighted by molar-refractivity contribution is 5.97. The minimum atomic E-state index is -0.949. The first-order valence-corrected chi connectivity index (χ1v) is 5.58. The molecule has 1 aromatic carbocycles. The van der Waals surface area contributed by atoms with Crippen molar-refractivity contribution in [1.29, 1.82) is 0 Å². The number of hydrogen-bond acceptors (Lipinski definition) is 3. The highest BCUT2D eigenvalue weighted by Crippen LogP contribution is 2.11. The van der Waals surface area contributed by atoms with Crippen molar-refractivity contribution in [3.63, 3.8) is 0 Å². The highest BCUT2D eigenvalue weighted by atomic mass is 19.1. The second-order valence-electron chi connectivity index (χ2n) is 5.03. The number of rotatable bonds is 5. The van der Waals surface area contributed by atoms with Gasteiger partial charge in [-0.15, -0.1) is 0 Å². The van der Waals surface area contributed by atoms with Crippen LogP contribution in [0.4, 0.5) is 8.78 Å². The number of Topliss-reactive ketones (excluding diaryl/α,β-unsaturated/α-hetero) is 1. The third-order valence-electron chi connectivity index (χ3n) is 2.30. The number of nitrogens with zero attached hydrogens (tertiary/aromatic N) is 1. The summed E-state index contributed by atoms with van der Waals surface area (Å²) in [7, 11) is 1.63. The van der Waals surface area contributed by atoms with Crippen LogP contribution >= 0.6 is 0 Å². The fraction of sp³-hybridized carbons (Fsp3) is 0.462. The summed E-state index contributed by atoms with van der Waals surface area (Å²) in [5, 5.41) is 9.58. The first-order chi connectivity index (χ1) is 8.19. The van der Waals surface area contributed by atoms with E-state index in [1.165, 1.54) is 0 Å². The van der Waals surface area contributed by atoms with Crippen molar-refractivity contribution in [1.82, 2.24) is 4.90 Å². The molecule has 100 valence electrons. The van der Waals surface area contributed by atoms with E-state index < -0.39 is 23.0 Å². The van der Waals surface area contributed by atoms with E-state index in [4.69, 9.17) is 0 Å².